The van der Waals surface area contributed by atoms with E-state index in [4.69, 9.17) is 14.2 Å². The zero-order chi connectivity index (χ0) is 11.7. The molecule has 1 fully saturated rings. The van der Waals surface area contributed by atoms with Gasteiger partial charge in [-0.3, -0.25) is 0 Å². The van der Waals surface area contributed by atoms with Crippen LogP contribution in [0.25, 0.3) is 0 Å². The average Bonchev–Trinajstić information content (AvgIpc) is 2.70. The zero-order valence-corrected chi connectivity index (χ0v) is 10.1. The molecule has 3 heterocycles. The van der Waals surface area contributed by atoms with Crippen molar-refractivity contribution in [3.8, 4) is 5.88 Å². The van der Waals surface area contributed by atoms with Gasteiger partial charge in [0.25, 0.3) is 0 Å². The Bertz CT molecular complexity index is 385. The summed E-state index contributed by atoms with van der Waals surface area (Å²) in [5.41, 5.74) is 0.981. The molecule has 2 unspecified atom stereocenters. The monoisotopic (exact) mass is 238 g/mol. The van der Waals surface area contributed by atoms with Crippen LogP contribution in [0.5, 0.6) is 5.88 Å². The Labute approximate surface area is 101 Å². The highest BCUT2D eigenvalue weighted by Gasteiger charge is 2.25. The summed E-state index contributed by atoms with van der Waals surface area (Å²) in [6, 6.07) is 1.95. The van der Waals surface area contributed by atoms with Crippen LogP contribution in [0.3, 0.4) is 0 Å². The molecular weight excluding hydrogens is 220 g/mol. The molecule has 2 atom stereocenters. The maximum Gasteiger partial charge on any atom is 0.212 e. The Hall–Kier alpha value is -1.07. The number of hydrogen-bond donors (Lipinski definition) is 0. The molecule has 2 aliphatic rings. The zero-order valence-electron chi connectivity index (χ0n) is 10.1. The Morgan fingerprint density at radius 2 is 2.41 bits per heavy atom. The van der Waals surface area contributed by atoms with Crippen molar-refractivity contribution in [2.45, 2.75) is 45.1 Å². The van der Waals surface area contributed by atoms with Crippen LogP contribution in [-0.2, 0) is 16.0 Å². The standard InChI is InChI=1S/C12H18N2O3/c1-9-6-11-14(13-9)7-10(8-16-11)17-12-4-2-3-5-15-12/h6,10,12H,2-5,7-8H2,1H3. The summed E-state index contributed by atoms with van der Waals surface area (Å²) >= 11 is 0. The summed E-state index contributed by atoms with van der Waals surface area (Å²) in [5.74, 6) is 0.840. The minimum Gasteiger partial charge on any atom is -0.475 e. The fourth-order valence-corrected chi connectivity index (χ4v) is 2.31. The van der Waals surface area contributed by atoms with Gasteiger partial charge >= 0.3 is 0 Å². The maximum absolute atomic E-state index is 5.89. The van der Waals surface area contributed by atoms with E-state index >= 15 is 0 Å². The number of nitrogens with zero attached hydrogens (tertiary/aromatic N) is 2. The van der Waals surface area contributed by atoms with Gasteiger partial charge in [0.15, 0.2) is 6.29 Å². The minimum atomic E-state index is -0.0597. The Balaban J connectivity index is 1.59. The van der Waals surface area contributed by atoms with Crippen molar-refractivity contribution >= 4 is 0 Å². The van der Waals surface area contributed by atoms with E-state index in [0.29, 0.717) is 6.61 Å². The first-order valence-corrected chi connectivity index (χ1v) is 6.25. The molecule has 2 aliphatic heterocycles. The third-order valence-corrected chi connectivity index (χ3v) is 3.14. The predicted molar refractivity (Wildman–Crippen MR) is 60.9 cm³/mol. The Kier molecular flexibility index (Phi) is 3.03. The number of aromatic nitrogens is 2. The summed E-state index contributed by atoms with van der Waals surface area (Å²) in [4.78, 5) is 0. The normalized spacial score (nSPS) is 28.5. The average molecular weight is 238 g/mol. The molecule has 0 bridgehead atoms. The summed E-state index contributed by atoms with van der Waals surface area (Å²) in [5, 5.41) is 4.37. The van der Waals surface area contributed by atoms with Crippen LogP contribution in [0.15, 0.2) is 6.07 Å². The van der Waals surface area contributed by atoms with Crippen LogP contribution in [0.2, 0.25) is 0 Å². The first-order chi connectivity index (χ1) is 8.31. The van der Waals surface area contributed by atoms with E-state index in [1.165, 1.54) is 6.42 Å². The Morgan fingerprint density at radius 3 is 3.24 bits per heavy atom. The van der Waals surface area contributed by atoms with Gasteiger partial charge in [-0.1, -0.05) is 0 Å². The summed E-state index contributed by atoms with van der Waals surface area (Å²) in [6.07, 6.45) is 3.30. The highest BCUT2D eigenvalue weighted by atomic mass is 16.7. The van der Waals surface area contributed by atoms with Gasteiger partial charge in [-0.2, -0.15) is 5.10 Å². The highest BCUT2D eigenvalue weighted by molar-refractivity contribution is 5.16. The summed E-state index contributed by atoms with van der Waals surface area (Å²) in [7, 11) is 0. The van der Waals surface area contributed by atoms with Gasteiger partial charge in [0.05, 0.1) is 12.2 Å². The van der Waals surface area contributed by atoms with Gasteiger partial charge in [0, 0.05) is 12.7 Å². The largest absolute Gasteiger partial charge is 0.475 e. The van der Waals surface area contributed by atoms with Crippen molar-refractivity contribution in [1.82, 2.24) is 9.78 Å². The molecule has 0 spiro atoms. The maximum atomic E-state index is 5.89. The van der Waals surface area contributed by atoms with Crippen LogP contribution in [-0.4, -0.2) is 35.4 Å². The number of aryl methyl sites for hydroxylation is 1. The number of hydrogen-bond acceptors (Lipinski definition) is 4. The lowest BCUT2D eigenvalue weighted by Crippen LogP contribution is -2.37. The molecule has 1 saturated heterocycles. The first kappa shape index (κ1) is 11.0. The van der Waals surface area contributed by atoms with Crippen molar-refractivity contribution in [3.63, 3.8) is 0 Å². The molecule has 5 nitrogen and oxygen atoms in total. The van der Waals surface area contributed by atoms with E-state index in [9.17, 15) is 0 Å². The van der Waals surface area contributed by atoms with Crippen LogP contribution in [0, 0.1) is 6.92 Å². The van der Waals surface area contributed by atoms with E-state index in [-0.39, 0.29) is 12.4 Å². The van der Waals surface area contributed by atoms with E-state index in [1.54, 1.807) is 0 Å². The van der Waals surface area contributed by atoms with Crippen LogP contribution in [0.1, 0.15) is 25.0 Å². The van der Waals surface area contributed by atoms with Gasteiger partial charge in [0.2, 0.25) is 5.88 Å². The number of ether oxygens (including phenoxy) is 3. The smallest absolute Gasteiger partial charge is 0.212 e. The molecule has 5 heteroatoms. The molecule has 0 aromatic carbocycles. The lowest BCUT2D eigenvalue weighted by molar-refractivity contribution is -0.200. The fourth-order valence-electron chi connectivity index (χ4n) is 2.31. The summed E-state index contributed by atoms with van der Waals surface area (Å²) < 4.78 is 18.9. The van der Waals surface area contributed by atoms with Crippen molar-refractivity contribution in [1.29, 1.82) is 0 Å². The second-order valence-corrected chi connectivity index (χ2v) is 4.67. The highest BCUT2D eigenvalue weighted by Crippen LogP contribution is 2.22. The molecule has 3 rings (SSSR count). The molecule has 94 valence electrons. The number of fused-ring (bicyclic) bond motifs is 1. The molecule has 17 heavy (non-hydrogen) atoms. The topological polar surface area (TPSA) is 45.5 Å². The van der Waals surface area contributed by atoms with Crippen LogP contribution < -0.4 is 4.74 Å². The van der Waals surface area contributed by atoms with Crippen LogP contribution >= 0.6 is 0 Å². The van der Waals surface area contributed by atoms with E-state index < -0.39 is 0 Å². The molecule has 0 radical (unpaired) electrons. The molecule has 0 saturated carbocycles. The predicted octanol–water partition coefficient (Wildman–Crippen LogP) is 1.50. The van der Waals surface area contributed by atoms with Gasteiger partial charge in [0.1, 0.15) is 12.7 Å². The molecule has 1 aromatic heterocycles. The summed E-state index contributed by atoms with van der Waals surface area (Å²) in [6.45, 7) is 4.12. The van der Waals surface area contributed by atoms with E-state index in [2.05, 4.69) is 5.10 Å². The van der Waals surface area contributed by atoms with Gasteiger partial charge in [-0.05, 0) is 26.2 Å². The van der Waals surface area contributed by atoms with Crippen LogP contribution in [0.4, 0.5) is 0 Å². The lowest BCUT2D eigenvalue weighted by atomic mass is 10.2. The van der Waals surface area contributed by atoms with Crippen molar-refractivity contribution in [3.05, 3.63) is 11.8 Å². The quantitative estimate of drug-likeness (QED) is 0.783. The molecular formula is C12H18N2O3. The van der Waals surface area contributed by atoms with Crippen molar-refractivity contribution in [2.24, 2.45) is 0 Å². The van der Waals surface area contributed by atoms with Gasteiger partial charge < -0.3 is 14.2 Å². The molecule has 0 amide bonds. The van der Waals surface area contributed by atoms with Crippen molar-refractivity contribution < 1.29 is 14.2 Å². The first-order valence-electron chi connectivity index (χ1n) is 6.25. The second kappa shape index (κ2) is 4.66. The molecule has 0 aliphatic carbocycles. The molecule has 1 aromatic rings. The number of rotatable bonds is 2. The van der Waals surface area contributed by atoms with Gasteiger partial charge in [-0.25, -0.2) is 4.68 Å². The van der Waals surface area contributed by atoms with E-state index in [1.807, 2.05) is 17.7 Å². The minimum absolute atomic E-state index is 0.0462. The molecule has 0 N–H and O–H groups in total. The fraction of sp³-hybridized carbons (Fsp3) is 0.750. The lowest BCUT2D eigenvalue weighted by Gasteiger charge is -2.30. The van der Waals surface area contributed by atoms with Gasteiger partial charge in [-0.15, -0.1) is 0 Å². The van der Waals surface area contributed by atoms with Crippen molar-refractivity contribution in [2.75, 3.05) is 13.2 Å². The second-order valence-electron chi connectivity index (χ2n) is 4.67. The van der Waals surface area contributed by atoms with E-state index in [0.717, 1.165) is 37.6 Å². The Morgan fingerprint density at radius 1 is 1.47 bits per heavy atom. The third kappa shape index (κ3) is 2.45. The SMILES string of the molecule is Cc1cc2n(n1)CC(OC1CCCCO1)CO2. The third-order valence-electron chi connectivity index (χ3n) is 3.14.